The molecule has 0 aromatic heterocycles. The molecular formula is C25H16BrF2N3O2S. The predicted molar refractivity (Wildman–Crippen MR) is 131 cm³/mol. The maximum absolute atomic E-state index is 13.5. The number of carbonyl (C=O) groups is 2. The molecule has 1 heterocycles. The lowest BCUT2D eigenvalue weighted by atomic mass is 10.1. The van der Waals surface area contributed by atoms with Crippen LogP contribution in [0.25, 0.3) is 0 Å². The Balaban J connectivity index is 1.71. The summed E-state index contributed by atoms with van der Waals surface area (Å²) < 4.78 is 27.6. The lowest BCUT2D eigenvalue weighted by Crippen LogP contribution is -2.30. The molecular weight excluding hydrogens is 524 g/mol. The van der Waals surface area contributed by atoms with Gasteiger partial charge in [0.1, 0.15) is 28.3 Å². The Hall–Kier alpha value is -3.48. The number of carbonyl (C=O) groups excluding carboxylic acids is 2. The minimum Gasteiger partial charge on any atom is -0.321 e. The van der Waals surface area contributed by atoms with E-state index in [1.807, 2.05) is 6.07 Å². The van der Waals surface area contributed by atoms with Crippen molar-refractivity contribution in [3.8, 4) is 6.07 Å². The van der Waals surface area contributed by atoms with Gasteiger partial charge in [0.05, 0.1) is 5.25 Å². The van der Waals surface area contributed by atoms with Crippen LogP contribution in [0.5, 0.6) is 0 Å². The first kappa shape index (κ1) is 23.7. The highest BCUT2D eigenvalue weighted by Gasteiger charge is 2.40. The standard InChI is InChI=1S/C25H16BrF2N3O2S/c26-16-3-9-19(10-4-16)30-23(32)21(14-29)25-31(20-11-7-18(28)8-12-20)24(33)22(34-25)13-15-1-5-17(27)6-2-15/h1-12,22H,13H2,(H,30,32)/b25-21-. The molecule has 1 aliphatic rings. The summed E-state index contributed by atoms with van der Waals surface area (Å²) in [6, 6.07) is 19.7. The fourth-order valence-electron chi connectivity index (χ4n) is 3.37. The van der Waals surface area contributed by atoms with E-state index in [4.69, 9.17) is 0 Å². The second kappa shape index (κ2) is 10.2. The Morgan fingerprint density at radius 1 is 1.00 bits per heavy atom. The quantitative estimate of drug-likeness (QED) is 0.329. The monoisotopic (exact) mass is 539 g/mol. The van der Waals surface area contributed by atoms with E-state index in [-0.39, 0.29) is 28.7 Å². The second-order valence-electron chi connectivity index (χ2n) is 7.34. The number of halogens is 3. The molecule has 3 aromatic rings. The van der Waals surface area contributed by atoms with Crippen molar-refractivity contribution in [1.29, 1.82) is 5.26 Å². The van der Waals surface area contributed by atoms with Gasteiger partial charge in [-0.15, -0.1) is 0 Å². The van der Waals surface area contributed by atoms with Crippen LogP contribution in [0, 0.1) is 23.0 Å². The molecule has 1 atom stereocenters. The molecule has 0 bridgehead atoms. The summed E-state index contributed by atoms with van der Waals surface area (Å²) in [5, 5.41) is 12.0. The molecule has 0 aliphatic carbocycles. The van der Waals surface area contributed by atoms with Crippen LogP contribution in [0.3, 0.4) is 0 Å². The molecule has 1 fully saturated rings. The van der Waals surface area contributed by atoms with Crippen molar-refractivity contribution in [3.63, 3.8) is 0 Å². The molecule has 9 heteroatoms. The molecule has 0 saturated carbocycles. The first-order chi connectivity index (χ1) is 16.4. The molecule has 5 nitrogen and oxygen atoms in total. The summed E-state index contributed by atoms with van der Waals surface area (Å²) in [6.45, 7) is 0. The Morgan fingerprint density at radius 3 is 2.18 bits per heavy atom. The van der Waals surface area contributed by atoms with Gasteiger partial charge in [-0.05, 0) is 72.6 Å². The minimum absolute atomic E-state index is 0.154. The van der Waals surface area contributed by atoms with Gasteiger partial charge in [-0.25, -0.2) is 8.78 Å². The summed E-state index contributed by atoms with van der Waals surface area (Å²) >= 11 is 4.40. The molecule has 0 spiro atoms. The van der Waals surface area contributed by atoms with E-state index in [0.29, 0.717) is 11.4 Å². The SMILES string of the molecule is N#C/C(C(=O)Nc1ccc(Br)cc1)=C1/SC(Cc2ccc(F)cc2)C(=O)N1c1ccc(F)cc1. The van der Waals surface area contributed by atoms with Gasteiger partial charge < -0.3 is 5.32 Å². The van der Waals surface area contributed by atoms with E-state index in [1.54, 1.807) is 36.4 Å². The number of nitriles is 1. The Kier molecular flexibility index (Phi) is 7.10. The summed E-state index contributed by atoms with van der Waals surface area (Å²) in [7, 11) is 0. The highest BCUT2D eigenvalue weighted by Crippen LogP contribution is 2.42. The van der Waals surface area contributed by atoms with Crippen LogP contribution in [0.2, 0.25) is 0 Å². The first-order valence-corrected chi connectivity index (χ1v) is 11.7. The van der Waals surface area contributed by atoms with Crippen molar-refractivity contribution >= 4 is 50.9 Å². The van der Waals surface area contributed by atoms with Crippen molar-refractivity contribution in [2.45, 2.75) is 11.7 Å². The first-order valence-electron chi connectivity index (χ1n) is 10.1. The molecule has 2 amide bonds. The van der Waals surface area contributed by atoms with E-state index in [2.05, 4.69) is 21.2 Å². The van der Waals surface area contributed by atoms with Gasteiger partial charge in [-0.1, -0.05) is 39.8 Å². The summed E-state index contributed by atoms with van der Waals surface area (Å²) in [4.78, 5) is 27.6. The van der Waals surface area contributed by atoms with E-state index >= 15 is 0 Å². The normalized spacial score (nSPS) is 16.8. The number of anilines is 2. The van der Waals surface area contributed by atoms with Gasteiger partial charge in [0, 0.05) is 15.8 Å². The van der Waals surface area contributed by atoms with Crippen LogP contribution in [0.15, 0.2) is 87.9 Å². The third-order valence-electron chi connectivity index (χ3n) is 5.03. The van der Waals surface area contributed by atoms with Gasteiger partial charge >= 0.3 is 0 Å². The van der Waals surface area contributed by atoms with Crippen LogP contribution in [0.1, 0.15) is 5.56 Å². The summed E-state index contributed by atoms with van der Waals surface area (Å²) in [5.74, 6) is -1.90. The maximum Gasteiger partial charge on any atom is 0.269 e. The Morgan fingerprint density at radius 2 is 1.59 bits per heavy atom. The van der Waals surface area contributed by atoms with Gasteiger partial charge in [0.25, 0.3) is 5.91 Å². The minimum atomic E-state index is -0.672. The zero-order valence-corrected chi connectivity index (χ0v) is 19.9. The average Bonchev–Trinajstić information content (AvgIpc) is 3.13. The Bertz CT molecular complexity index is 1300. The molecule has 1 N–H and O–H groups in total. The number of nitrogens with zero attached hydrogens (tertiary/aromatic N) is 2. The van der Waals surface area contributed by atoms with E-state index < -0.39 is 17.0 Å². The average molecular weight is 540 g/mol. The van der Waals surface area contributed by atoms with Crippen molar-refractivity contribution in [2.75, 3.05) is 10.2 Å². The van der Waals surface area contributed by atoms with Crippen LogP contribution in [-0.4, -0.2) is 17.1 Å². The largest absolute Gasteiger partial charge is 0.321 e. The number of thioether (sulfide) groups is 1. The van der Waals surface area contributed by atoms with Gasteiger partial charge in [0.15, 0.2) is 0 Å². The number of hydrogen-bond acceptors (Lipinski definition) is 4. The van der Waals surface area contributed by atoms with Gasteiger partial charge in [-0.2, -0.15) is 5.26 Å². The van der Waals surface area contributed by atoms with Crippen molar-refractivity contribution in [2.24, 2.45) is 0 Å². The zero-order valence-electron chi connectivity index (χ0n) is 17.5. The topological polar surface area (TPSA) is 73.2 Å². The molecule has 3 aromatic carbocycles. The summed E-state index contributed by atoms with van der Waals surface area (Å²) in [6.07, 6.45) is 0.262. The molecule has 1 saturated heterocycles. The van der Waals surface area contributed by atoms with E-state index in [9.17, 15) is 23.6 Å². The molecule has 0 radical (unpaired) electrons. The number of nitrogens with one attached hydrogen (secondary N) is 1. The smallest absolute Gasteiger partial charge is 0.269 e. The molecule has 1 unspecified atom stereocenters. The Labute approximate surface area is 207 Å². The summed E-state index contributed by atoms with van der Waals surface area (Å²) in [5.41, 5.74) is 1.30. The third-order valence-corrected chi connectivity index (χ3v) is 6.82. The fraction of sp³-hybridized carbons (Fsp3) is 0.0800. The highest BCUT2D eigenvalue weighted by molar-refractivity contribution is 9.10. The molecule has 1 aliphatic heterocycles. The van der Waals surface area contributed by atoms with E-state index in [0.717, 1.165) is 21.8 Å². The van der Waals surface area contributed by atoms with Crippen LogP contribution in [0.4, 0.5) is 20.2 Å². The lowest BCUT2D eigenvalue weighted by molar-refractivity contribution is -0.117. The number of amides is 2. The van der Waals surface area contributed by atoms with Crippen LogP contribution >= 0.6 is 27.7 Å². The van der Waals surface area contributed by atoms with E-state index in [1.165, 1.54) is 41.3 Å². The zero-order chi connectivity index (χ0) is 24.2. The number of benzene rings is 3. The van der Waals surface area contributed by atoms with Gasteiger partial charge in [0.2, 0.25) is 5.91 Å². The number of rotatable bonds is 5. The second-order valence-corrected chi connectivity index (χ2v) is 9.45. The van der Waals surface area contributed by atoms with Crippen LogP contribution in [-0.2, 0) is 16.0 Å². The van der Waals surface area contributed by atoms with Crippen molar-refractivity contribution in [3.05, 3.63) is 105 Å². The number of hydrogen-bond donors (Lipinski definition) is 1. The molecule has 4 rings (SSSR count). The molecule has 170 valence electrons. The van der Waals surface area contributed by atoms with Crippen LogP contribution < -0.4 is 10.2 Å². The maximum atomic E-state index is 13.5. The van der Waals surface area contributed by atoms with Crippen molar-refractivity contribution < 1.29 is 18.4 Å². The van der Waals surface area contributed by atoms with Crippen molar-refractivity contribution in [1.82, 2.24) is 0 Å². The lowest BCUT2D eigenvalue weighted by Gasteiger charge is -2.18. The third kappa shape index (κ3) is 5.19. The fourth-order valence-corrected chi connectivity index (χ4v) is 4.95. The highest BCUT2D eigenvalue weighted by atomic mass is 79.9. The predicted octanol–water partition coefficient (Wildman–Crippen LogP) is 5.79. The molecule has 34 heavy (non-hydrogen) atoms. The van der Waals surface area contributed by atoms with Gasteiger partial charge in [-0.3, -0.25) is 14.5 Å².